The molecule has 1 aliphatic heterocycles. The summed E-state index contributed by atoms with van der Waals surface area (Å²) in [6, 6.07) is 7.51. The molecule has 1 saturated carbocycles. The Morgan fingerprint density at radius 2 is 1.95 bits per heavy atom. The monoisotopic (exact) mass is 336 g/mol. The normalized spacial score (nSPS) is 26.4. The molecule has 2 unspecified atom stereocenters. The zero-order valence-electron chi connectivity index (χ0n) is 12.2. The van der Waals surface area contributed by atoms with E-state index in [4.69, 9.17) is 5.73 Å². The molecule has 0 spiro atoms. The maximum atomic E-state index is 5.81. The van der Waals surface area contributed by atoms with Crippen molar-refractivity contribution in [3.05, 3.63) is 28.2 Å². The van der Waals surface area contributed by atoms with Crippen molar-refractivity contribution in [2.75, 3.05) is 18.0 Å². The SMILES string of the molecule is NCCc1cc(Br)ccc1N1CCCC2CCCCC21. The summed E-state index contributed by atoms with van der Waals surface area (Å²) >= 11 is 3.60. The lowest BCUT2D eigenvalue weighted by Crippen LogP contribution is -2.47. The Morgan fingerprint density at radius 1 is 1.15 bits per heavy atom. The molecule has 2 atom stereocenters. The van der Waals surface area contributed by atoms with Gasteiger partial charge in [-0.25, -0.2) is 0 Å². The Labute approximate surface area is 130 Å². The minimum atomic E-state index is 0.728. The summed E-state index contributed by atoms with van der Waals surface area (Å²) in [4.78, 5) is 2.70. The molecule has 0 radical (unpaired) electrons. The maximum absolute atomic E-state index is 5.81. The van der Waals surface area contributed by atoms with Crippen LogP contribution >= 0.6 is 15.9 Å². The van der Waals surface area contributed by atoms with Gasteiger partial charge in [0.05, 0.1) is 0 Å². The number of hydrogen-bond donors (Lipinski definition) is 1. The van der Waals surface area contributed by atoms with Crippen LogP contribution in [0, 0.1) is 5.92 Å². The van der Waals surface area contributed by atoms with Crippen LogP contribution in [-0.4, -0.2) is 19.1 Å². The number of nitrogens with zero attached hydrogens (tertiary/aromatic N) is 1. The van der Waals surface area contributed by atoms with Crippen molar-refractivity contribution in [2.45, 2.75) is 51.0 Å². The Balaban J connectivity index is 1.90. The fourth-order valence-electron chi connectivity index (χ4n) is 4.11. The first kappa shape index (κ1) is 14.4. The van der Waals surface area contributed by atoms with Crippen molar-refractivity contribution in [1.82, 2.24) is 0 Å². The number of benzene rings is 1. The van der Waals surface area contributed by atoms with Gasteiger partial charge >= 0.3 is 0 Å². The highest BCUT2D eigenvalue weighted by Gasteiger charge is 2.33. The van der Waals surface area contributed by atoms with Crippen molar-refractivity contribution in [3.63, 3.8) is 0 Å². The molecule has 0 amide bonds. The van der Waals surface area contributed by atoms with Gasteiger partial charge in [-0.1, -0.05) is 28.8 Å². The van der Waals surface area contributed by atoms with Crippen LogP contribution in [0.5, 0.6) is 0 Å². The highest BCUT2D eigenvalue weighted by molar-refractivity contribution is 9.10. The number of hydrogen-bond acceptors (Lipinski definition) is 2. The Morgan fingerprint density at radius 3 is 2.80 bits per heavy atom. The van der Waals surface area contributed by atoms with Gasteiger partial charge in [-0.15, -0.1) is 0 Å². The second kappa shape index (κ2) is 6.48. The highest BCUT2D eigenvalue weighted by atomic mass is 79.9. The van der Waals surface area contributed by atoms with Gasteiger partial charge < -0.3 is 10.6 Å². The first-order chi connectivity index (χ1) is 9.79. The topological polar surface area (TPSA) is 29.3 Å². The lowest BCUT2D eigenvalue weighted by atomic mass is 9.78. The standard InChI is InChI=1S/C17H25BrN2/c18-15-7-8-17(14(12-15)9-10-19)20-11-3-5-13-4-1-2-6-16(13)20/h7-8,12-13,16H,1-6,9-11,19H2. The fraction of sp³-hybridized carbons (Fsp3) is 0.647. The van der Waals surface area contributed by atoms with Crippen LogP contribution in [0.15, 0.2) is 22.7 Å². The smallest absolute Gasteiger partial charge is 0.0402 e. The molecule has 1 aliphatic carbocycles. The van der Waals surface area contributed by atoms with E-state index >= 15 is 0 Å². The minimum absolute atomic E-state index is 0.728. The number of piperidine rings is 1. The Hall–Kier alpha value is -0.540. The highest BCUT2D eigenvalue weighted by Crippen LogP contribution is 2.39. The molecule has 0 aromatic heterocycles. The van der Waals surface area contributed by atoms with E-state index in [1.54, 1.807) is 0 Å². The van der Waals surface area contributed by atoms with Gasteiger partial charge in [-0.05, 0) is 68.3 Å². The van der Waals surface area contributed by atoms with Crippen LogP contribution < -0.4 is 10.6 Å². The third-order valence-electron chi connectivity index (χ3n) is 5.01. The Bertz CT molecular complexity index is 458. The molecule has 1 saturated heterocycles. The molecule has 3 heteroatoms. The first-order valence-corrected chi connectivity index (χ1v) is 8.84. The van der Waals surface area contributed by atoms with Crippen LogP contribution in [-0.2, 0) is 6.42 Å². The third kappa shape index (κ3) is 2.89. The quantitative estimate of drug-likeness (QED) is 0.899. The molecule has 2 N–H and O–H groups in total. The minimum Gasteiger partial charge on any atom is -0.368 e. The molecule has 1 heterocycles. The summed E-state index contributed by atoms with van der Waals surface area (Å²) < 4.78 is 1.17. The second-order valence-corrected chi connectivity index (χ2v) is 7.17. The fourth-order valence-corrected chi connectivity index (χ4v) is 4.52. The molecule has 110 valence electrons. The van der Waals surface area contributed by atoms with Crippen LogP contribution in [0.25, 0.3) is 0 Å². The van der Waals surface area contributed by atoms with E-state index in [1.165, 1.54) is 60.8 Å². The van der Waals surface area contributed by atoms with E-state index in [1.807, 2.05) is 0 Å². The summed E-state index contributed by atoms with van der Waals surface area (Å²) in [5.74, 6) is 0.923. The van der Waals surface area contributed by atoms with Crippen LogP contribution in [0.1, 0.15) is 44.1 Å². The van der Waals surface area contributed by atoms with E-state index in [9.17, 15) is 0 Å². The number of fused-ring (bicyclic) bond motifs is 1. The van der Waals surface area contributed by atoms with E-state index in [0.717, 1.165) is 24.9 Å². The van der Waals surface area contributed by atoms with Crippen molar-refractivity contribution in [1.29, 1.82) is 0 Å². The van der Waals surface area contributed by atoms with Crippen molar-refractivity contribution in [2.24, 2.45) is 11.7 Å². The largest absolute Gasteiger partial charge is 0.368 e. The molecular formula is C17H25BrN2. The van der Waals surface area contributed by atoms with E-state index in [-0.39, 0.29) is 0 Å². The molecule has 2 nitrogen and oxygen atoms in total. The molecule has 2 aliphatic rings. The van der Waals surface area contributed by atoms with Crippen molar-refractivity contribution >= 4 is 21.6 Å². The predicted octanol–water partition coefficient (Wildman–Crippen LogP) is 4.11. The maximum Gasteiger partial charge on any atom is 0.0402 e. The molecule has 2 fully saturated rings. The van der Waals surface area contributed by atoms with E-state index < -0.39 is 0 Å². The zero-order chi connectivity index (χ0) is 13.9. The van der Waals surface area contributed by atoms with Crippen molar-refractivity contribution < 1.29 is 0 Å². The molecule has 3 rings (SSSR count). The van der Waals surface area contributed by atoms with Gasteiger partial charge in [0.1, 0.15) is 0 Å². The lowest BCUT2D eigenvalue weighted by molar-refractivity contribution is 0.243. The van der Waals surface area contributed by atoms with Gasteiger partial charge in [0.15, 0.2) is 0 Å². The summed E-state index contributed by atoms with van der Waals surface area (Å²) in [5, 5.41) is 0. The molecule has 20 heavy (non-hydrogen) atoms. The van der Waals surface area contributed by atoms with Gasteiger partial charge in [0.25, 0.3) is 0 Å². The van der Waals surface area contributed by atoms with Gasteiger partial charge in [0, 0.05) is 22.7 Å². The predicted molar refractivity (Wildman–Crippen MR) is 89.2 cm³/mol. The van der Waals surface area contributed by atoms with Crippen LogP contribution in [0.3, 0.4) is 0 Å². The first-order valence-electron chi connectivity index (χ1n) is 8.04. The molecule has 1 aromatic rings. The van der Waals surface area contributed by atoms with Crippen molar-refractivity contribution in [3.8, 4) is 0 Å². The van der Waals surface area contributed by atoms with Gasteiger partial charge in [-0.2, -0.15) is 0 Å². The van der Waals surface area contributed by atoms with Gasteiger partial charge in [0.2, 0.25) is 0 Å². The number of halogens is 1. The average Bonchev–Trinajstić information content (AvgIpc) is 2.47. The van der Waals surface area contributed by atoms with E-state index in [2.05, 4.69) is 39.0 Å². The number of anilines is 1. The summed E-state index contributed by atoms with van der Waals surface area (Å²) in [6.07, 6.45) is 9.41. The number of rotatable bonds is 3. The zero-order valence-corrected chi connectivity index (χ0v) is 13.7. The van der Waals surface area contributed by atoms with Crippen LogP contribution in [0.4, 0.5) is 5.69 Å². The Kier molecular flexibility index (Phi) is 4.67. The lowest BCUT2D eigenvalue weighted by Gasteiger charge is -2.46. The third-order valence-corrected chi connectivity index (χ3v) is 5.50. The van der Waals surface area contributed by atoms with E-state index in [0.29, 0.717) is 0 Å². The average molecular weight is 337 g/mol. The molecule has 1 aromatic carbocycles. The van der Waals surface area contributed by atoms with Gasteiger partial charge in [-0.3, -0.25) is 0 Å². The summed E-state index contributed by atoms with van der Waals surface area (Å²) in [5.41, 5.74) is 8.66. The summed E-state index contributed by atoms with van der Waals surface area (Å²) in [7, 11) is 0. The summed E-state index contributed by atoms with van der Waals surface area (Å²) in [6.45, 7) is 1.95. The van der Waals surface area contributed by atoms with Crippen LogP contribution in [0.2, 0.25) is 0 Å². The second-order valence-electron chi connectivity index (χ2n) is 6.26. The number of nitrogens with two attached hydrogens (primary N) is 1. The molecular weight excluding hydrogens is 312 g/mol. The molecule has 0 bridgehead atoms.